The molecule has 5 atom stereocenters. The summed E-state index contributed by atoms with van der Waals surface area (Å²) >= 11 is 5.59. The molecule has 1 fully saturated rings. The molecule has 0 spiro atoms. The molecule has 2 aliphatic rings. The highest BCUT2D eigenvalue weighted by Gasteiger charge is 2.64. The van der Waals surface area contributed by atoms with Crippen LogP contribution in [0.2, 0.25) is 5.02 Å². The molecule has 0 bridgehead atoms. The van der Waals surface area contributed by atoms with Gasteiger partial charge in [-0.15, -0.1) is 0 Å². The molecule has 1 amide bonds. The van der Waals surface area contributed by atoms with Crippen LogP contribution in [-0.2, 0) is 11.3 Å². The van der Waals surface area contributed by atoms with Crippen molar-refractivity contribution in [3.05, 3.63) is 58.5 Å². The Morgan fingerprint density at radius 2 is 2.09 bits per heavy atom. The summed E-state index contributed by atoms with van der Waals surface area (Å²) in [5.41, 5.74) is 1.71. The third-order valence-corrected chi connectivity index (χ3v) is 9.19. The van der Waals surface area contributed by atoms with Gasteiger partial charge in [-0.2, -0.15) is 0 Å². The minimum Gasteiger partial charge on any atom is -0.390 e. The Labute approximate surface area is 220 Å². The molecule has 0 radical (unpaired) electrons. The molecule has 1 aromatic heterocycles. The van der Waals surface area contributed by atoms with E-state index in [0.717, 1.165) is 40.0 Å². The van der Waals surface area contributed by atoms with Gasteiger partial charge in [0.25, 0.3) is 0 Å². The van der Waals surface area contributed by atoms with Gasteiger partial charge in [0.15, 0.2) is 5.82 Å². The molecular formula is C25H31ClIN5O3. The summed E-state index contributed by atoms with van der Waals surface area (Å²) in [7, 11) is 1.56. The molecule has 2 aromatic rings. The van der Waals surface area contributed by atoms with Gasteiger partial charge >= 0.3 is 0 Å². The average molecular weight is 612 g/mol. The molecule has 0 aliphatic heterocycles. The van der Waals surface area contributed by atoms with Crippen molar-refractivity contribution in [3.8, 4) is 0 Å². The number of halogens is 2. The van der Waals surface area contributed by atoms with Crippen molar-refractivity contribution in [2.45, 2.75) is 45.4 Å². The fourth-order valence-corrected chi connectivity index (χ4v) is 7.26. The number of aliphatic hydroxyl groups excluding tert-OH is 2. The molecule has 1 saturated carbocycles. The quantitative estimate of drug-likeness (QED) is 0.146. The standard InChI is InChI=1S/C25H31ClIN5O3/c1-14-20(23(31-15(2)30-14)29-13-16-6-4-7-17(26)12-16)32-27-11-5-8-18-19-9-10-25(19,24(35)28-3)22(34)21(18)33/h4,6-7,9-10,12,18-19,21-22,33-34H,5,8,11,13H2,1-3H3,(H,28,35)(H,29,30,31)/t18-,19-,21+,22+,25+/m1/s1. The minimum absolute atomic E-state index is 0.127. The number of hydrogen-bond donors (Lipinski definition) is 4. The third kappa shape index (κ3) is 5.14. The van der Waals surface area contributed by atoms with E-state index in [9.17, 15) is 15.0 Å². The highest BCUT2D eigenvalue weighted by Crippen LogP contribution is 2.56. The zero-order chi connectivity index (χ0) is 25.2. The van der Waals surface area contributed by atoms with E-state index in [-0.39, 0.29) is 17.7 Å². The van der Waals surface area contributed by atoms with Crippen molar-refractivity contribution >= 4 is 50.0 Å². The maximum Gasteiger partial charge on any atom is 0.233 e. The van der Waals surface area contributed by atoms with E-state index in [1.54, 1.807) is 13.1 Å². The van der Waals surface area contributed by atoms with Crippen LogP contribution in [0.5, 0.6) is 0 Å². The number of carbonyl (C=O) groups excluding carboxylic acids is 1. The lowest BCUT2D eigenvalue weighted by molar-refractivity contribution is -0.137. The van der Waals surface area contributed by atoms with Crippen molar-refractivity contribution < 1.29 is 15.0 Å². The number of amides is 1. The first-order valence-electron chi connectivity index (χ1n) is 11.7. The number of fused-ring (bicyclic) bond motifs is 1. The number of aromatic nitrogens is 2. The van der Waals surface area contributed by atoms with Crippen molar-refractivity contribution in [2.75, 3.05) is 16.8 Å². The SMILES string of the molecule is CNC(=O)[C@@]12C=C[C@@H]1[C@@H](CCCI=Nc1c(C)nc(C)nc1NCc1cccc(Cl)c1)[C@H](O)[C@@H]2O. The van der Waals surface area contributed by atoms with Crippen molar-refractivity contribution in [3.63, 3.8) is 0 Å². The van der Waals surface area contributed by atoms with Crippen LogP contribution < -0.4 is 10.6 Å². The first-order valence-corrected chi connectivity index (χ1v) is 14.6. The number of alkyl halides is 1. The average Bonchev–Trinajstić information content (AvgIpc) is 2.94. The van der Waals surface area contributed by atoms with Crippen LogP contribution in [0.15, 0.2) is 39.6 Å². The van der Waals surface area contributed by atoms with Crippen molar-refractivity contribution in [1.82, 2.24) is 15.3 Å². The van der Waals surface area contributed by atoms with E-state index in [1.165, 1.54) is 0 Å². The number of hydrogen-bond acceptors (Lipinski definition) is 7. The second kappa shape index (κ2) is 11.0. The normalized spacial score (nSPS) is 27.3. The molecule has 1 heterocycles. The van der Waals surface area contributed by atoms with Crippen LogP contribution in [0.1, 0.15) is 29.9 Å². The fraction of sp³-hybridized carbons (Fsp3) is 0.480. The highest BCUT2D eigenvalue weighted by molar-refractivity contribution is 14.2. The van der Waals surface area contributed by atoms with E-state index in [2.05, 4.69) is 20.6 Å². The number of nitrogens with one attached hydrogen (secondary N) is 2. The number of allylic oxidation sites excluding steroid dienone is 1. The molecule has 0 saturated heterocycles. The molecule has 35 heavy (non-hydrogen) atoms. The van der Waals surface area contributed by atoms with Crippen LogP contribution in [0.25, 0.3) is 0 Å². The molecule has 2 aliphatic carbocycles. The Hall–Kier alpha value is -1.95. The molecule has 4 N–H and O–H groups in total. The molecule has 1 aromatic carbocycles. The monoisotopic (exact) mass is 611 g/mol. The lowest BCUT2D eigenvalue weighted by Gasteiger charge is -2.39. The number of aryl methyl sites for hydroxylation is 2. The smallest absolute Gasteiger partial charge is 0.233 e. The van der Waals surface area contributed by atoms with Crippen LogP contribution in [0, 0.1) is 31.1 Å². The van der Waals surface area contributed by atoms with Gasteiger partial charge in [-0.05, 0) is 71.3 Å². The summed E-state index contributed by atoms with van der Waals surface area (Å²) in [5, 5.41) is 27.9. The molecule has 10 heteroatoms. The van der Waals surface area contributed by atoms with Gasteiger partial charge in [-0.1, -0.05) is 35.9 Å². The number of anilines is 1. The van der Waals surface area contributed by atoms with Crippen LogP contribution in [0.4, 0.5) is 11.5 Å². The van der Waals surface area contributed by atoms with Crippen molar-refractivity contribution in [1.29, 1.82) is 0 Å². The predicted molar refractivity (Wildman–Crippen MR) is 145 cm³/mol. The van der Waals surface area contributed by atoms with Gasteiger partial charge in [-0.25, -0.2) is 13.1 Å². The fourth-order valence-electron chi connectivity index (χ4n) is 5.10. The molecule has 4 rings (SSSR count). The summed E-state index contributed by atoms with van der Waals surface area (Å²) in [6.07, 6.45) is 3.33. The Balaban J connectivity index is 1.37. The second-order valence-electron chi connectivity index (χ2n) is 9.07. The van der Waals surface area contributed by atoms with Gasteiger partial charge in [-0.3, -0.25) is 4.79 Å². The summed E-state index contributed by atoms with van der Waals surface area (Å²) in [6.45, 7) is 4.39. The first-order chi connectivity index (χ1) is 16.8. The predicted octanol–water partition coefficient (Wildman–Crippen LogP) is 4.19. The third-order valence-electron chi connectivity index (χ3n) is 6.88. The van der Waals surface area contributed by atoms with E-state index in [1.807, 2.05) is 44.2 Å². The summed E-state index contributed by atoms with van der Waals surface area (Å²) in [5.74, 6) is 0.927. The van der Waals surface area contributed by atoms with Gasteiger partial charge in [0.1, 0.15) is 16.9 Å². The van der Waals surface area contributed by atoms with Gasteiger partial charge in [0.2, 0.25) is 5.91 Å². The van der Waals surface area contributed by atoms with Gasteiger partial charge < -0.3 is 20.8 Å². The lowest BCUT2D eigenvalue weighted by atomic mass is 9.65. The number of benzene rings is 1. The number of carbonyl (C=O) groups is 1. The topological polar surface area (TPSA) is 120 Å². The van der Waals surface area contributed by atoms with Crippen LogP contribution >= 0.6 is 32.6 Å². The lowest BCUT2D eigenvalue weighted by Crippen LogP contribution is -2.52. The summed E-state index contributed by atoms with van der Waals surface area (Å²) < 4.78 is 5.80. The number of aliphatic hydroxyl groups is 2. The Kier molecular flexibility index (Phi) is 8.19. The number of nitrogens with zero attached hydrogens (tertiary/aromatic N) is 3. The minimum atomic E-state index is -1.07. The zero-order valence-corrected chi connectivity index (χ0v) is 22.9. The Bertz CT molecular complexity index is 1160. The summed E-state index contributed by atoms with van der Waals surface area (Å²) in [6, 6.07) is 7.70. The maximum absolute atomic E-state index is 12.4. The molecular weight excluding hydrogens is 581 g/mol. The Morgan fingerprint density at radius 1 is 1.29 bits per heavy atom. The van der Waals surface area contributed by atoms with Gasteiger partial charge in [0.05, 0.1) is 17.9 Å². The molecule has 188 valence electrons. The molecule has 8 nitrogen and oxygen atoms in total. The molecule has 0 unspecified atom stereocenters. The maximum atomic E-state index is 12.4. The first kappa shape index (κ1) is 26.1. The van der Waals surface area contributed by atoms with E-state index in [0.29, 0.717) is 17.4 Å². The van der Waals surface area contributed by atoms with Gasteiger partial charge in [0, 0.05) is 29.0 Å². The van der Waals surface area contributed by atoms with Crippen molar-refractivity contribution in [2.24, 2.45) is 20.4 Å². The van der Waals surface area contributed by atoms with Crippen LogP contribution in [0.3, 0.4) is 0 Å². The van der Waals surface area contributed by atoms with E-state index < -0.39 is 38.7 Å². The highest BCUT2D eigenvalue weighted by atomic mass is 127. The second-order valence-corrected chi connectivity index (χ2v) is 11.7. The number of rotatable bonds is 9. The van der Waals surface area contributed by atoms with E-state index >= 15 is 0 Å². The zero-order valence-electron chi connectivity index (χ0n) is 20.0. The van der Waals surface area contributed by atoms with E-state index in [4.69, 9.17) is 14.7 Å². The summed E-state index contributed by atoms with van der Waals surface area (Å²) in [4.78, 5) is 21.5. The Morgan fingerprint density at radius 3 is 2.77 bits per heavy atom. The van der Waals surface area contributed by atoms with Crippen LogP contribution in [-0.4, -0.2) is 49.8 Å². The largest absolute Gasteiger partial charge is 0.390 e.